The molecule has 206 valence electrons. The van der Waals surface area contributed by atoms with Crippen molar-refractivity contribution in [1.82, 2.24) is 29.7 Å². The predicted octanol–water partition coefficient (Wildman–Crippen LogP) is 2.14. The van der Waals surface area contributed by atoms with Crippen LogP contribution in [0.3, 0.4) is 0 Å². The van der Waals surface area contributed by atoms with E-state index in [-0.39, 0.29) is 43.3 Å². The number of imidazole rings is 1. The second-order valence-electron chi connectivity index (χ2n) is 10.4. The number of anilines is 1. The standard InChI is InChI=1S/C27H32ClN7O4/c1-16(2)33-9-7-19(8-10-33)30-26(38)25-31-21-5-3-17(27(39)34-13-20(36)14-34)11-22(21)35(25)15-24(37)32-23-6-4-18(28)12-29-23/h3-6,11-12,16,19-20,36H,7-10,13-15H2,1-2H3,(H,30,38)(H,29,32,37). The molecule has 4 heterocycles. The van der Waals surface area contributed by atoms with Crippen LogP contribution in [0.5, 0.6) is 0 Å². The molecule has 2 aromatic heterocycles. The lowest BCUT2D eigenvalue weighted by atomic mass is 10.0. The molecule has 0 aliphatic carbocycles. The molecule has 2 aliphatic heterocycles. The fraction of sp³-hybridized carbons (Fsp3) is 0.444. The molecule has 1 aromatic carbocycles. The summed E-state index contributed by atoms with van der Waals surface area (Å²) in [6.07, 6.45) is 2.56. The van der Waals surface area contributed by atoms with Crippen molar-refractivity contribution in [2.45, 2.75) is 51.4 Å². The predicted molar refractivity (Wildman–Crippen MR) is 147 cm³/mol. The monoisotopic (exact) mass is 553 g/mol. The van der Waals surface area contributed by atoms with E-state index in [1.54, 1.807) is 35.2 Å². The number of carbonyl (C=O) groups excluding carboxylic acids is 3. The number of pyridine rings is 1. The summed E-state index contributed by atoms with van der Waals surface area (Å²) in [5.41, 5.74) is 1.37. The Kier molecular flexibility index (Phi) is 7.83. The average molecular weight is 554 g/mol. The van der Waals surface area contributed by atoms with Gasteiger partial charge in [0.1, 0.15) is 12.4 Å². The van der Waals surface area contributed by atoms with Crippen LogP contribution in [0.1, 0.15) is 47.7 Å². The molecule has 12 heteroatoms. The maximum atomic E-state index is 13.4. The summed E-state index contributed by atoms with van der Waals surface area (Å²) < 4.78 is 1.53. The second kappa shape index (κ2) is 11.3. The fourth-order valence-corrected chi connectivity index (χ4v) is 5.09. The Bertz CT molecular complexity index is 1380. The van der Waals surface area contributed by atoms with Crippen molar-refractivity contribution in [2.75, 3.05) is 31.5 Å². The summed E-state index contributed by atoms with van der Waals surface area (Å²) in [6, 6.07) is 8.62. The topological polar surface area (TPSA) is 133 Å². The number of fused-ring (bicyclic) bond motifs is 1. The van der Waals surface area contributed by atoms with Crippen LogP contribution in [0.15, 0.2) is 36.5 Å². The number of likely N-dealkylation sites (tertiary alicyclic amines) is 2. The zero-order chi connectivity index (χ0) is 27.7. The Balaban J connectivity index is 1.41. The third-order valence-corrected chi connectivity index (χ3v) is 7.46. The van der Waals surface area contributed by atoms with E-state index in [0.717, 1.165) is 25.9 Å². The highest BCUT2D eigenvalue weighted by Crippen LogP contribution is 2.22. The van der Waals surface area contributed by atoms with E-state index in [9.17, 15) is 19.5 Å². The van der Waals surface area contributed by atoms with Crippen LogP contribution in [0.25, 0.3) is 11.0 Å². The normalized spacial score (nSPS) is 16.9. The summed E-state index contributed by atoms with van der Waals surface area (Å²) >= 11 is 5.89. The van der Waals surface area contributed by atoms with E-state index in [4.69, 9.17) is 11.6 Å². The number of nitrogens with one attached hydrogen (secondary N) is 2. The van der Waals surface area contributed by atoms with Gasteiger partial charge in [-0.3, -0.25) is 14.4 Å². The lowest BCUT2D eigenvalue weighted by Gasteiger charge is -2.35. The highest BCUT2D eigenvalue weighted by molar-refractivity contribution is 6.30. The number of amides is 3. The number of aromatic nitrogens is 3. The number of hydrogen-bond donors (Lipinski definition) is 3. The maximum Gasteiger partial charge on any atom is 0.287 e. The van der Waals surface area contributed by atoms with Crippen LogP contribution in [0.2, 0.25) is 5.02 Å². The lowest BCUT2D eigenvalue weighted by Crippen LogP contribution is -2.53. The number of aliphatic hydroxyl groups is 1. The van der Waals surface area contributed by atoms with E-state index >= 15 is 0 Å². The van der Waals surface area contributed by atoms with Gasteiger partial charge in [0.25, 0.3) is 11.8 Å². The number of piperidine rings is 1. The van der Waals surface area contributed by atoms with Gasteiger partial charge in [0.15, 0.2) is 0 Å². The summed E-state index contributed by atoms with van der Waals surface area (Å²) in [5.74, 6) is -0.590. The molecule has 3 N–H and O–H groups in total. The fourth-order valence-electron chi connectivity index (χ4n) is 4.98. The summed E-state index contributed by atoms with van der Waals surface area (Å²) in [7, 11) is 0. The zero-order valence-electron chi connectivity index (χ0n) is 21.9. The molecule has 2 saturated heterocycles. The number of carbonyl (C=O) groups is 3. The first-order valence-corrected chi connectivity index (χ1v) is 13.5. The SMILES string of the molecule is CC(C)N1CCC(NC(=O)c2nc3ccc(C(=O)N4CC(O)C4)cc3n2CC(=O)Nc2ccc(Cl)cn2)CC1. The van der Waals surface area contributed by atoms with Crippen molar-refractivity contribution >= 4 is 46.2 Å². The summed E-state index contributed by atoms with van der Waals surface area (Å²) in [4.78, 5) is 51.9. The van der Waals surface area contributed by atoms with Gasteiger partial charge in [-0.1, -0.05) is 11.6 Å². The van der Waals surface area contributed by atoms with Gasteiger partial charge in [-0.2, -0.15) is 0 Å². The Morgan fingerprint density at radius 3 is 2.51 bits per heavy atom. The third kappa shape index (κ3) is 6.05. The zero-order valence-corrected chi connectivity index (χ0v) is 22.7. The van der Waals surface area contributed by atoms with Crippen molar-refractivity contribution in [1.29, 1.82) is 0 Å². The van der Waals surface area contributed by atoms with E-state index in [1.165, 1.54) is 10.8 Å². The van der Waals surface area contributed by atoms with Gasteiger partial charge < -0.3 is 30.1 Å². The molecule has 0 unspecified atom stereocenters. The Labute approximate surface area is 231 Å². The molecule has 2 aliphatic rings. The molecule has 5 rings (SSSR count). The summed E-state index contributed by atoms with van der Waals surface area (Å²) in [5, 5.41) is 15.8. The van der Waals surface area contributed by atoms with Crippen LogP contribution >= 0.6 is 11.6 Å². The molecule has 0 spiro atoms. The largest absolute Gasteiger partial charge is 0.389 e. The Morgan fingerprint density at radius 2 is 1.87 bits per heavy atom. The lowest BCUT2D eigenvalue weighted by molar-refractivity contribution is -0.116. The number of benzene rings is 1. The minimum absolute atomic E-state index is 0.00263. The van der Waals surface area contributed by atoms with Crippen molar-refractivity contribution in [3.8, 4) is 0 Å². The quantitative estimate of drug-likeness (QED) is 0.408. The molecular weight excluding hydrogens is 522 g/mol. The molecule has 0 saturated carbocycles. The highest BCUT2D eigenvalue weighted by Gasteiger charge is 2.30. The number of β-amino-alcohol motifs (C(OH)–C–C–N with tert-alkyl or cyclic N) is 1. The summed E-state index contributed by atoms with van der Waals surface area (Å²) in [6.45, 7) is 6.45. The minimum Gasteiger partial charge on any atom is -0.389 e. The Hall–Kier alpha value is -3.54. The molecule has 2 fully saturated rings. The molecule has 0 atom stereocenters. The van der Waals surface area contributed by atoms with E-state index in [0.29, 0.717) is 33.5 Å². The molecular formula is C27H32ClN7O4. The molecule has 3 amide bonds. The van der Waals surface area contributed by atoms with Gasteiger partial charge in [-0.15, -0.1) is 0 Å². The van der Waals surface area contributed by atoms with Gasteiger partial charge in [0.2, 0.25) is 11.7 Å². The number of hydrogen-bond acceptors (Lipinski definition) is 7. The molecule has 39 heavy (non-hydrogen) atoms. The minimum atomic E-state index is -0.518. The molecule has 11 nitrogen and oxygen atoms in total. The van der Waals surface area contributed by atoms with Gasteiger partial charge in [-0.05, 0) is 57.0 Å². The number of halogens is 1. The second-order valence-corrected chi connectivity index (χ2v) is 10.8. The van der Waals surface area contributed by atoms with Crippen molar-refractivity contribution in [2.24, 2.45) is 0 Å². The highest BCUT2D eigenvalue weighted by atomic mass is 35.5. The van der Waals surface area contributed by atoms with E-state index < -0.39 is 12.0 Å². The van der Waals surface area contributed by atoms with E-state index in [2.05, 4.69) is 39.3 Å². The smallest absolute Gasteiger partial charge is 0.287 e. The molecule has 0 bridgehead atoms. The van der Waals surface area contributed by atoms with E-state index in [1.807, 2.05) is 0 Å². The van der Waals surface area contributed by atoms with Crippen LogP contribution in [0, 0.1) is 0 Å². The van der Waals surface area contributed by atoms with Gasteiger partial charge in [-0.25, -0.2) is 9.97 Å². The Morgan fingerprint density at radius 1 is 1.13 bits per heavy atom. The van der Waals surface area contributed by atoms with Gasteiger partial charge >= 0.3 is 0 Å². The molecule has 0 radical (unpaired) electrons. The van der Waals surface area contributed by atoms with Crippen LogP contribution in [0.4, 0.5) is 5.82 Å². The average Bonchev–Trinajstić information content (AvgIpc) is 3.25. The van der Waals surface area contributed by atoms with Crippen molar-refractivity contribution < 1.29 is 19.5 Å². The van der Waals surface area contributed by atoms with Gasteiger partial charge in [0.05, 0.1) is 22.2 Å². The number of aliphatic hydroxyl groups excluding tert-OH is 1. The van der Waals surface area contributed by atoms with Crippen molar-refractivity contribution in [3.05, 3.63) is 52.9 Å². The van der Waals surface area contributed by atoms with Crippen LogP contribution in [-0.2, 0) is 11.3 Å². The number of rotatable bonds is 7. The third-order valence-electron chi connectivity index (χ3n) is 7.24. The first kappa shape index (κ1) is 27.0. The first-order valence-electron chi connectivity index (χ1n) is 13.1. The molecule has 3 aromatic rings. The first-order chi connectivity index (χ1) is 18.7. The van der Waals surface area contributed by atoms with Crippen LogP contribution < -0.4 is 10.6 Å². The van der Waals surface area contributed by atoms with Gasteiger partial charge in [0, 0.05) is 50.0 Å². The maximum absolute atomic E-state index is 13.4. The van der Waals surface area contributed by atoms with Crippen molar-refractivity contribution in [3.63, 3.8) is 0 Å². The number of nitrogens with zero attached hydrogens (tertiary/aromatic N) is 5. The van der Waals surface area contributed by atoms with Crippen LogP contribution in [-0.4, -0.2) is 91.5 Å².